The predicted molar refractivity (Wildman–Crippen MR) is 79.9 cm³/mol. The molecule has 0 aromatic heterocycles. The molecule has 1 aromatic carbocycles. The Labute approximate surface area is 124 Å². The van der Waals surface area contributed by atoms with E-state index in [0.717, 1.165) is 19.3 Å². The molecule has 1 unspecified atom stereocenters. The fourth-order valence-electron chi connectivity index (χ4n) is 2.85. The highest BCUT2D eigenvalue weighted by Gasteiger charge is 2.32. The summed E-state index contributed by atoms with van der Waals surface area (Å²) in [5.74, 6) is -1.07. The maximum Gasteiger partial charge on any atom is 0.330 e. The molecule has 3 N–H and O–H groups in total. The molecule has 2 atom stereocenters. The second-order valence-electron chi connectivity index (χ2n) is 6.40. The normalized spacial score (nSPS) is 21.5. The molecule has 1 aliphatic carbocycles. The van der Waals surface area contributed by atoms with Crippen molar-refractivity contribution in [3.05, 3.63) is 35.9 Å². The lowest BCUT2D eigenvalue weighted by Gasteiger charge is -2.20. The molecule has 0 bridgehead atoms. The van der Waals surface area contributed by atoms with Crippen molar-refractivity contribution in [3.63, 3.8) is 0 Å². The lowest BCUT2D eigenvalue weighted by Crippen LogP contribution is -2.44. The summed E-state index contributed by atoms with van der Waals surface area (Å²) in [5, 5.41) is 14.7. The van der Waals surface area contributed by atoms with Crippen molar-refractivity contribution in [3.8, 4) is 0 Å². The van der Waals surface area contributed by atoms with Gasteiger partial charge in [0.1, 0.15) is 0 Å². The summed E-state index contributed by atoms with van der Waals surface area (Å²) in [5.41, 5.74) is 0.802. The van der Waals surface area contributed by atoms with Gasteiger partial charge in [-0.15, -0.1) is 0 Å². The SMILES string of the molecule is CC1(C)CCC(NC(=O)N[C@@H](C(=O)O)c2ccccc2)C1. The average molecular weight is 290 g/mol. The average Bonchev–Trinajstić information content (AvgIpc) is 2.76. The lowest BCUT2D eigenvalue weighted by molar-refractivity contribution is -0.139. The van der Waals surface area contributed by atoms with Gasteiger partial charge in [-0.05, 0) is 30.2 Å². The molecule has 1 saturated carbocycles. The molecule has 0 aliphatic heterocycles. The lowest BCUT2D eigenvalue weighted by atomic mass is 9.92. The van der Waals surface area contributed by atoms with Crippen LogP contribution in [0, 0.1) is 5.41 Å². The molecule has 2 amide bonds. The minimum absolute atomic E-state index is 0.116. The summed E-state index contributed by atoms with van der Waals surface area (Å²) in [6.07, 6.45) is 2.92. The number of carbonyl (C=O) groups excluding carboxylic acids is 1. The van der Waals surface area contributed by atoms with Gasteiger partial charge in [0, 0.05) is 6.04 Å². The first-order valence-corrected chi connectivity index (χ1v) is 7.22. The van der Waals surface area contributed by atoms with Gasteiger partial charge < -0.3 is 15.7 Å². The van der Waals surface area contributed by atoms with Crippen molar-refractivity contribution in [2.45, 2.75) is 45.2 Å². The van der Waals surface area contributed by atoms with Crippen LogP contribution in [0.1, 0.15) is 44.7 Å². The first-order chi connectivity index (χ1) is 9.87. The number of aliphatic carboxylic acids is 1. The zero-order valence-electron chi connectivity index (χ0n) is 12.4. The van der Waals surface area contributed by atoms with E-state index < -0.39 is 18.0 Å². The zero-order chi connectivity index (χ0) is 15.5. The topological polar surface area (TPSA) is 78.4 Å². The maximum absolute atomic E-state index is 12.0. The Morgan fingerprint density at radius 2 is 1.95 bits per heavy atom. The molecule has 0 heterocycles. The van der Waals surface area contributed by atoms with Crippen LogP contribution in [0.2, 0.25) is 0 Å². The molecular weight excluding hydrogens is 268 g/mol. The van der Waals surface area contributed by atoms with Crippen LogP contribution in [0.4, 0.5) is 4.79 Å². The van der Waals surface area contributed by atoms with E-state index in [1.807, 2.05) is 6.07 Å². The number of benzene rings is 1. The van der Waals surface area contributed by atoms with Gasteiger partial charge >= 0.3 is 12.0 Å². The highest BCUT2D eigenvalue weighted by Crippen LogP contribution is 2.36. The molecule has 1 aliphatic rings. The van der Waals surface area contributed by atoms with Crippen molar-refractivity contribution in [2.24, 2.45) is 5.41 Å². The number of amides is 2. The fourth-order valence-corrected chi connectivity index (χ4v) is 2.85. The van der Waals surface area contributed by atoms with Gasteiger partial charge in [0.25, 0.3) is 0 Å². The van der Waals surface area contributed by atoms with Gasteiger partial charge in [0.15, 0.2) is 6.04 Å². The van der Waals surface area contributed by atoms with E-state index in [1.165, 1.54) is 0 Å². The Morgan fingerprint density at radius 3 is 2.48 bits per heavy atom. The minimum atomic E-state index is -1.07. The quantitative estimate of drug-likeness (QED) is 0.797. The maximum atomic E-state index is 12.0. The van der Waals surface area contributed by atoms with E-state index in [-0.39, 0.29) is 11.5 Å². The van der Waals surface area contributed by atoms with Crippen molar-refractivity contribution < 1.29 is 14.7 Å². The van der Waals surface area contributed by atoms with Crippen LogP contribution in [0.15, 0.2) is 30.3 Å². The third-order valence-electron chi connectivity index (χ3n) is 3.96. The summed E-state index contributed by atoms with van der Waals surface area (Å²) in [7, 11) is 0. The third kappa shape index (κ3) is 4.21. The first kappa shape index (κ1) is 15.4. The Bertz CT molecular complexity index is 514. The van der Waals surface area contributed by atoms with Gasteiger partial charge in [-0.1, -0.05) is 44.2 Å². The minimum Gasteiger partial charge on any atom is -0.479 e. The number of nitrogens with one attached hydrogen (secondary N) is 2. The van der Waals surface area contributed by atoms with Crippen molar-refractivity contribution >= 4 is 12.0 Å². The van der Waals surface area contributed by atoms with Gasteiger partial charge in [-0.25, -0.2) is 9.59 Å². The summed E-state index contributed by atoms with van der Waals surface area (Å²) in [6.45, 7) is 4.35. The Kier molecular flexibility index (Phi) is 4.50. The molecule has 5 heteroatoms. The highest BCUT2D eigenvalue weighted by atomic mass is 16.4. The summed E-state index contributed by atoms with van der Waals surface area (Å²) >= 11 is 0. The number of urea groups is 1. The smallest absolute Gasteiger partial charge is 0.330 e. The van der Waals surface area contributed by atoms with Gasteiger partial charge in [-0.2, -0.15) is 0 Å². The summed E-state index contributed by atoms with van der Waals surface area (Å²) in [4.78, 5) is 23.3. The van der Waals surface area contributed by atoms with Crippen LogP contribution >= 0.6 is 0 Å². The highest BCUT2D eigenvalue weighted by molar-refractivity contribution is 5.83. The van der Waals surface area contributed by atoms with Gasteiger partial charge in [0.05, 0.1) is 0 Å². The van der Waals surface area contributed by atoms with E-state index in [2.05, 4.69) is 24.5 Å². The molecular formula is C16H22N2O3. The first-order valence-electron chi connectivity index (χ1n) is 7.22. The van der Waals surface area contributed by atoms with E-state index in [4.69, 9.17) is 0 Å². The number of hydrogen-bond donors (Lipinski definition) is 3. The van der Waals surface area contributed by atoms with Crippen LogP contribution in [-0.4, -0.2) is 23.1 Å². The standard InChI is InChI=1S/C16H22N2O3/c1-16(2)9-8-12(10-16)17-15(21)18-13(14(19)20)11-6-4-3-5-7-11/h3-7,12-13H,8-10H2,1-2H3,(H,19,20)(H2,17,18,21)/t12?,13-/m1/s1. The van der Waals surface area contributed by atoms with Gasteiger partial charge in [0.2, 0.25) is 0 Å². The van der Waals surface area contributed by atoms with Crippen molar-refractivity contribution in [1.82, 2.24) is 10.6 Å². The largest absolute Gasteiger partial charge is 0.479 e. The molecule has 114 valence electrons. The number of hydrogen-bond acceptors (Lipinski definition) is 2. The Hall–Kier alpha value is -2.04. The molecule has 0 saturated heterocycles. The van der Waals surface area contributed by atoms with Gasteiger partial charge in [-0.3, -0.25) is 0 Å². The summed E-state index contributed by atoms with van der Waals surface area (Å²) in [6, 6.07) is 7.37. The number of rotatable bonds is 4. The molecule has 2 rings (SSSR count). The summed E-state index contributed by atoms with van der Waals surface area (Å²) < 4.78 is 0. The molecule has 1 fully saturated rings. The van der Waals surface area contributed by atoms with Crippen LogP contribution in [0.3, 0.4) is 0 Å². The monoisotopic (exact) mass is 290 g/mol. The molecule has 0 spiro atoms. The van der Waals surface area contributed by atoms with E-state index in [1.54, 1.807) is 24.3 Å². The van der Waals surface area contributed by atoms with Crippen LogP contribution in [0.25, 0.3) is 0 Å². The second kappa shape index (κ2) is 6.16. The number of carboxylic acid groups (broad SMARTS) is 1. The fraction of sp³-hybridized carbons (Fsp3) is 0.500. The van der Waals surface area contributed by atoms with Crippen molar-refractivity contribution in [1.29, 1.82) is 0 Å². The van der Waals surface area contributed by atoms with E-state index in [0.29, 0.717) is 5.56 Å². The third-order valence-corrected chi connectivity index (χ3v) is 3.96. The van der Waals surface area contributed by atoms with E-state index in [9.17, 15) is 14.7 Å². The molecule has 1 aromatic rings. The number of carbonyl (C=O) groups is 2. The van der Waals surface area contributed by atoms with Crippen LogP contribution in [-0.2, 0) is 4.79 Å². The molecule has 5 nitrogen and oxygen atoms in total. The second-order valence-corrected chi connectivity index (χ2v) is 6.40. The molecule has 0 radical (unpaired) electrons. The van der Waals surface area contributed by atoms with E-state index >= 15 is 0 Å². The Morgan fingerprint density at radius 1 is 1.29 bits per heavy atom. The van der Waals surface area contributed by atoms with Crippen LogP contribution in [0.5, 0.6) is 0 Å². The predicted octanol–water partition coefficient (Wildman–Crippen LogP) is 2.69. The van der Waals surface area contributed by atoms with Crippen molar-refractivity contribution in [2.75, 3.05) is 0 Å². The molecule has 21 heavy (non-hydrogen) atoms. The zero-order valence-corrected chi connectivity index (χ0v) is 12.4. The van der Waals surface area contributed by atoms with Crippen LogP contribution < -0.4 is 10.6 Å². The Balaban J connectivity index is 1.95. The number of carboxylic acids is 1.